The zero-order valence-electron chi connectivity index (χ0n) is 15.6. The number of carboxylic acids is 1. The molecule has 2 aromatic heterocycles. The van der Waals surface area contributed by atoms with Crippen molar-refractivity contribution in [2.24, 2.45) is 29.6 Å². The van der Waals surface area contributed by atoms with Gasteiger partial charge in [-0.3, -0.25) is 24.1 Å². The first-order valence-corrected chi connectivity index (χ1v) is 11.7. The number of rotatable bonds is 4. The third kappa shape index (κ3) is 2.34. The van der Waals surface area contributed by atoms with E-state index in [1.165, 1.54) is 16.2 Å². The largest absolute Gasteiger partial charge is 0.481 e. The van der Waals surface area contributed by atoms with Gasteiger partial charge in [-0.2, -0.15) is 0 Å². The van der Waals surface area contributed by atoms with Crippen molar-refractivity contribution in [2.45, 2.75) is 29.0 Å². The van der Waals surface area contributed by atoms with Crippen LogP contribution in [0, 0.1) is 29.6 Å². The van der Waals surface area contributed by atoms with Gasteiger partial charge >= 0.3 is 10.8 Å². The Morgan fingerprint density at radius 3 is 2.70 bits per heavy atom. The molecule has 1 saturated heterocycles. The number of carboxylic acid groups (broad SMARTS) is 1. The summed E-state index contributed by atoms with van der Waals surface area (Å²) >= 11 is 2.81. The van der Waals surface area contributed by atoms with Crippen LogP contribution in [-0.4, -0.2) is 44.6 Å². The number of nitrogens with zero attached hydrogens (tertiary/aromatic N) is 1. The number of amides is 2. The number of thiazole rings is 1. The Labute approximate surface area is 178 Å². The minimum absolute atomic E-state index is 0.0178. The van der Waals surface area contributed by atoms with Gasteiger partial charge in [-0.25, -0.2) is 0 Å². The number of aromatic amines is 1. The van der Waals surface area contributed by atoms with Gasteiger partial charge in [-0.05, 0) is 36.3 Å². The molecule has 30 heavy (non-hydrogen) atoms. The normalized spacial score (nSPS) is 36.1. The molecule has 2 aliphatic heterocycles. The Kier molecular flexibility index (Phi) is 3.89. The molecular formula is C20H18N2O6S2. The van der Waals surface area contributed by atoms with E-state index in [4.69, 9.17) is 9.52 Å². The molecule has 10 heteroatoms. The maximum Gasteiger partial charge on any atom is 0.305 e. The van der Waals surface area contributed by atoms with Gasteiger partial charge in [0.2, 0.25) is 11.8 Å². The van der Waals surface area contributed by atoms with Gasteiger partial charge in [-0.15, -0.1) is 11.8 Å². The van der Waals surface area contributed by atoms with Crippen molar-refractivity contribution in [3.8, 4) is 0 Å². The standard InChI is InChI=1S/C20H18N2O6S2/c23-10(24)3-4-22-18(25)12-7-6-8(13(12)19(22)26)15-11(7)14(9-2-1-5-28-9)16-17(29-15)21-20(27)30-16/h1-2,5,7-8,11-15H,3-4,6H2,(H,21,27)(H,23,24). The van der Waals surface area contributed by atoms with Gasteiger partial charge in [0.1, 0.15) is 5.76 Å². The molecular weight excluding hydrogens is 428 g/mol. The fraction of sp³-hybridized carbons (Fsp3) is 0.500. The molecule has 7 atom stereocenters. The number of hydrogen-bond donors (Lipinski definition) is 2. The second-order valence-corrected chi connectivity index (χ2v) is 10.7. The van der Waals surface area contributed by atoms with Gasteiger partial charge in [0.05, 0.1) is 40.3 Å². The topological polar surface area (TPSA) is 121 Å². The van der Waals surface area contributed by atoms with Crippen molar-refractivity contribution in [1.82, 2.24) is 9.88 Å². The van der Waals surface area contributed by atoms with Crippen molar-refractivity contribution < 1.29 is 23.9 Å². The Morgan fingerprint density at radius 2 is 2.00 bits per heavy atom. The van der Waals surface area contributed by atoms with Crippen LogP contribution in [0.15, 0.2) is 32.6 Å². The molecule has 2 N–H and O–H groups in total. The van der Waals surface area contributed by atoms with Crippen molar-refractivity contribution in [3.05, 3.63) is 38.7 Å². The summed E-state index contributed by atoms with van der Waals surface area (Å²) in [5, 5.41) is 9.94. The molecule has 4 heterocycles. The van der Waals surface area contributed by atoms with E-state index in [0.717, 1.165) is 22.1 Å². The first-order chi connectivity index (χ1) is 14.5. The summed E-state index contributed by atoms with van der Waals surface area (Å²) < 4.78 is 5.75. The van der Waals surface area contributed by atoms with Gasteiger partial charge in [0, 0.05) is 11.8 Å². The number of nitrogens with one attached hydrogen (secondary N) is 1. The zero-order chi connectivity index (χ0) is 20.7. The molecule has 2 aliphatic carbocycles. The maximum atomic E-state index is 13.1. The number of H-pyrrole nitrogens is 1. The zero-order valence-corrected chi connectivity index (χ0v) is 17.3. The van der Waals surface area contributed by atoms with Crippen LogP contribution in [0.4, 0.5) is 0 Å². The molecule has 2 amide bonds. The van der Waals surface area contributed by atoms with Crippen LogP contribution in [0.1, 0.15) is 29.4 Å². The van der Waals surface area contributed by atoms with Crippen LogP contribution < -0.4 is 4.87 Å². The number of hydrogen-bond acceptors (Lipinski definition) is 7. The van der Waals surface area contributed by atoms with E-state index in [1.807, 2.05) is 12.1 Å². The molecule has 156 valence electrons. The lowest BCUT2D eigenvalue weighted by molar-refractivity contribution is -0.142. The lowest BCUT2D eigenvalue weighted by atomic mass is 9.69. The number of fused-ring (bicyclic) bond motifs is 9. The number of aliphatic carboxylic acids is 1. The summed E-state index contributed by atoms with van der Waals surface area (Å²) in [4.78, 5) is 54.2. The van der Waals surface area contributed by atoms with Crippen LogP contribution >= 0.6 is 23.1 Å². The third-order valence-electron chi connectivity index (χ3n) is 7.21. The molecule has 3 fully saturated rings. The van der Waals surface area contributed by atoms with E-state index in [0.29, 0.717) is 0 Å². The Morgan fingerprint density at radius 1 is 1.23 bits per heavy atom. The lowest BCUT2D eigenvalue weighted by Crippen LogP contribution is -2.42. The summed E-state index contributed by atoms with van der Waals surface area (Å²) in [7, 11) is 0. The first-order valence-electron chi connectivity index (χ1n) is 9.95. The van der Waals surface area contributed by atoms with E-state index >= 15 is 0 Å². The average Bonchev–Trinajstić information content (AvgIpc) is 3.48. The van der Waals surface area contributed by atoms with Gasteiger partial charge in [0.25, 0.3) is 0 Å². The number of furan rings is 1. The highest BCUT2D eigenvalue weighted by atomic mass is 32.2. The SMILES string of the molecule is O=C(O)CCN1C(=O)C2C3CC(C2C1=O)C1C(c2ccco2)c2sc(=O)[nH]c2SC31. The molecule has 2 aromatic rings. The Balaban J connectivity index is 1.40. The van der Waals surface area contributed by atoms with Gasteiger partial charge in [0.15, 0.2) is 0 Å². The van der Waals surface area contributed by atoms with E-state index in [2.05, 4.69) is 4.98 Å². The second kappa shape index (κ2) is 6.34. The number of carbonyl (C=O) groups is 3. The smallest absolute Gasteiger partial charge is 0.305 e. The van der Waals surface area contributed by atoms with E-state index in [9.17, 15) is 19.2 Å². The highest BCUT2D eigenvalue weighted by molar-refractivity contribution is 8.00. The molecule has 0 radical (unpaired) electrons. The maximum absolute atomic E-state index is 13.1. The van der Waals surface area contributed by atoms with E-state index < -0.39 is 11.9 Å². The molecule has 0 spiro atoms. The van der Waals surface area contributed by atoms with Crippen LogP contribution in [0.25, 0.3) is 0 Å². The lowest BCUT2D eigenvalue weighted by Gasteiger charge is -2.42. The summed E-state index contributed by atoms with van der Waals surface area (Å²) in [6.45, 7) is -0.0653. The molecule has 2 saturated carbocycles. The van der Waals surface area contributed by atoms with Crippen LogP contribution in [-0.2, 0) is 14.4 Å². The quantitative estimate of drug-likeness (QED) is 0.689. The molecule has 6 rings (SSSR count). The summed E-state index contributed by atoms with van der Waals surface area (Å²) in [6, 6.07) is 3.74. The number of carbonyl (C=O) groups excluding carboxylic acids is 2. The van der Waals surface area contributed by atoms with Crippen molar-refractivity contribution in [2.75, 3.05) is 6.54 Å². The fourth-order valence-corrected chi connectivity index (χ4v) is 9.16. The monoisotopic (exact) mass is 446 g/mol. The van der Waals surface area contributed by atoms with Crippen LogP contribution in [0.5, 0.6) is 0 Å². The Bertz CT molecular complexity index is 1120. The average molecular weight is 447 g/mol. The Hall–Kier alpha value is -2.33. The summed E-state index contributed by atoms with van der Waals surface area (Å²) in [5.41, 5.74) is 0. The molecule has 4 aliphatic rings. The van der Waals surface area contributed by atoms with Gasteiger partial charge < -0.3 is 14.5 Å². The van der Waals surface area contributed by atoms with Crippen molar-refractivity contribution in [1.29, 1.82) is 0 Å². The van der Waals surface area contributed by atoms with Crippen LogP contribution in [0.2, 0.25) is 0 Å². The van der Waals surface area contributed by atoms with Gasteiger partial charge in [-0.1, -0.05) is 11.3 Å². The molecule has 7 unspecified atom stereocenters. The number of thioether (sulfide) groups is 1. The molecule has 2 bridgehead atoms. The second-order valence-electron chi connectivity index (χ2n) is 8.45. The highest BCUT2D eigenvalue weighted by Crippen LogP contribution is 2.68. The molecule has 0 aromatic carbocycles. The van der Waals surface area contributed by atoms with E-state index in [1.54, 1.807) is 18.0 Å². The van der Waals surface area contributed by atoms with Crippen molar-refractivity contribution >= 4 is 40.9 Å². The van der Waals surface area contributed by atoms with E-state index in [-0.39, 0.29) is 64.5 Å². The number of imide groups is 1. The molecule has 8 nitrogen and oxygen atoms in total. The predicted molar refractivity (Wildman–Crippen MR) is 106 cm³/mol. The van der Waals surface area contributed by atoms with Crippen LogP contribution in [0.3, 0.4) is 0 Å². The van der Waals surface area contributed by atoms with Crippen molar-refractivity contribution in [3.63, 3.8) is 0 Å². The summed E-state index contributed by atoms with van der Waals surface area (Å²) in [5.74, 6) is -1.43. The predicted octanol–water partition coefficient (Wildman–Crippen LogP) is 1.98. The summed E-state index contributed by atoms with van der Waals surface area (Å²) in [6.07, 6.45) is 2.19. The third-order valence-corrected chi connectivity index (χ3v) is 9.80. The number of aromatic nitrogens is 1. The minimum Gasteiger partial charge on any atom is -0.481 e. The minimum atomic E-state index is -1.02. The number of likely N-dealkylation sites (tertiary alicyclic amines) is 1. The first kappa shape index (κ1) is 18.4. The highest BCUT2D eigenvalue weighted by Gasteiger charge is 2.69. The fourth-order valence-electron chi connectivity index (χ4n) is 6.29.